The van der Waals surface area contributed by atoms with Gasteiger partial charge in [0.25, 0.3) is 5.91 Å². The van der Waals surface area contributed by atoms with Crippen molar-refractivity contribution in [1.82, 2.24) is 20.4 Å². The lowest BCUT2D eigenvalue weighted by Crippen LogP contribution is -2.26. The van der Waals surface area contributed by atoms with E-state index < -0.39 is 0 Å². The van der Waals surface area contributed by atoms with E-state index in [9.17, 15) is 4.79 Å². The van der Waals surface area contributed by atoms with Gasteiger partial charge in [0.05, 0.1) is 0 Å². The van der Waals surface area contributed by atoms with Gasteiger partial charge >= 0.3 is 0 Å². The monoisotopic (exact) mass is 289 g/mol. The smallest absolute Gasteiger partial charge is 0.251 e. The summed E-state index contributed by atoms with van der Waals surface area (Å²) in [5.41, 5.74) is 1.38. The number of carbonyl (C=O) groups is 1. The summed E-state index contributed by atoms with van der Waals surface area (Å²) in [6.45, 7) is 6.80. The second-order valence-electron chi connectivity index (χ2n) is 4.65. The van der Waals surface area contributed by atoms with Crippen LogP contribution < -0.4 is 10.6 Å². The Labute approximate surface area is 123 Å². The SMILES string of the molecule is CCNc1cc(C(=O)NCCc2nc(C)no2)cc(C)n1. The molecule has 0 spiro atoms. The number of aryl methyl sites for hydroxylation is 2. The summed E-state index contributed by atoms with van der Waals surface area (Å²) in [6, 6.07) is 3.50. The van der Waals surface area contributed by atoms with E-state index in [-0.39, 0.29) is 5.91 Å². The summed E-state index contributed by atoms with van der Waals surface area (Å²) in [5, 5.41) is 9.64. The Balaban J connectivity index is 1.93. The molecule has 0 radical (unpaired) electrons. The average molecular weight is 289 g/mol. The van der Waals surface area contributed by atoms with Gasteiger partial charge in [-0.15, -0.1) is 0 Å². The number of nitrogens with zero attached hydrogens (tertiary/aromatic N) is 3. The van der Waals surface area contributed by atoms with Gasteiger partial charge in [-0.05, 0) is 32.9 Å². The fourth-order valence-corrected chi connectivity index (χ4v) is 1.90. The quantitative estimate of drug-likeness (QED) is 0.837. The number of pyridine rings is 1. The summed E-state index contributed by atoms with van der Waals surface area (Å²) in [6.07, 6.45) is 0.511. The van der Waals surface area contributed by atoms with E-state index >= 15 is 0 Å². The van der Waals surface area contributed by atoms with Gasteiger partial charge in [0.1, 0.15) is 5.82 Å². The third-order valence-electron chi connectivity index (χ3n) is 2.77. The third kappa shape index (κ3) is 4.27. The maximum Gasteiger partial charge on any atom is 0.251 e. The van der Waals surface area contributed by atoms with Crippen LogP contribution in [0.4, 0.5) is 5.82 Å². The molecule has 2 heterocycles. The number of rotatable bonds is 6. The van der Waals surface area contributed by atoms with Crippen molar-refractivity contribution in [2.45, 2.75) is 27.2 Å². The first kappa shape index (κ1) is 15.0. The van der Waals surface area contributed by atoms with Crippen LogP contribution in [0.2, 0.25) is 0 Å². The molecule has 2 aromatic rings. The fourth-order valence-electron chi connectivity index (χ4n) is 1.90. The zero-order chi connectivity index (χ0) is 15.2. The minimum atomic E-state index is -0.143. The largest absolute Gasteiger partial charge is 0.370 e. The lowest BCUT2D eigenvalue weighted by atomic mass is 10.2. The molecule has 0 bridgehead atoms. The predicted molar refractivity (Wildman–Crippen MR) is 78.2 cm³/mol. The standard InChI is InChI=1S/C14H19N5O2/c1-4-15-12-8-11(7-9(2)17-12)14(20)16-6-5-13-18-10(3)19-21-13/h7-8H,4-6H2,1-3H3,(H,15,17)(H,16,20). The Morgan fingerprint density at radius 1 is 1.29 bits per heavy atom. The van der Waals surface area contributed by atoms with Gasteiger partial charge in [0.15, 0.2) is 5.82 Å². The molecule has 2 N–H and O–H groups in total. The Morgan fingerprint density at radius 3 is 2.76 bits per heavy atom. The van der Waals surface area contributed by atoms with E-state index in [1.807, 2.05) is 13.8 Å². The molecule has 21 heavy (non-hydrogen) atoms. The number of hydrogen-bond acceptors (Lipinski definition) is 6. The molecular weight excluding hydrogens is 270 g/mol. The summed E-state index contributed by atoms with van der Waals surface area (Å²) >= 11 is 0. The lowest BCUT2D eigenvalue weighted by Gasteiger charge is -2.08. The van der Waals surface area contributed by atoms with Crippen LogP contribution in [0, 0.1) is 13.8 Å². The van der Waals surface area contributed by atoms with E-state index in [0.717, 1.165) is 12.2 Å². The van der Waals surface area contributed by atoms with E-state index in [4.69, 9.17) is 4.52 Å². The van der Waals surface area contributed by atoms with Gasteiger partial charge in [-0.2, -0.15) is 4.98 Å². The second-order valence-corrected chi connectivity index (χ2v) is 4.65. The zero-order valence-corrected chi connectivity index (χ0v) is 12.4. The highest BCUT2D eigenvalue weighted by Gasteiger charge is 2.09. The van der Waals surface area contributed by atoms with Crippen molar-refractivity contribution in [2.75, 3.05) is 18.4 Å². The molecule has 0 saturated carbocycles. The van der Waals surface area contributed by atoms with E-state index in [0.29, 0.717) is 36.1 Å². The summed E-state index contributed by atoms with van der Waals surface area (Å²) < 4.78 is 4.99. The topological polar surface area (TPSA) is 92.9 Å². The number of aromatic nitrogens is 3. The first-order valence-electron chi connectivity index (χ1n) is 6.88. The van der Waals surface area contributed by atoms with Crippen LogP contribution >= 0.6 is 0 Å². The van der Waals surface area contributed by atoms with Crippen LogP contribution in [0.25, 0.3) is 0 Å². The molecule has 0 aliphatic rings. The van der Waals surface area contributed by atoms with Crippen molar-refractivity contribution in [3.63, 3.8) is 0 Å². The highest BCUT2D eigenvalue weighted by Crippen LogP contribution is 2.10. The first-order chi connectivity index (χ1) is 10.1. The van der Waals surface area contributed by atoms with Crippen LogP contribution in [0.1, 0.15) is 34.7 Å². The highest BCUT2D eigenvalue weighted by molar-refractivity contribution is 5.95. The Morgan fingerprint density at radius 2 is 2.10 bits per heavy atom. The highest BCUT2D eigenvalue weighted by atomic mass is 16.5. The normalized spacial score (nSPS) is 10.4. The van der Waals surface area contributed by atoms with Crippen molar-refractivity contribution < 1.29 is 9.32 Å². The molecule has 0 aromatic carbocycles. The molecule has 2 aromatic heterocycles. The zero-order valence-electron chi connectivity index (χ0n) is 12.4. The van der Waals surface area contributed by atoms with E-state index in [1.165, 1.54) is 0 Å². The van der Waals surface area contributed by atoms with E-state index in [2.05, 4.69) is 25.8 Å². The van der Waals surface area contributed by atoms with Gasteiger partial charge in [-0.3, -0.25) is 4.79 Å². The molecule has 0 atom stereocenters. The van der Waals surface area contributed by atoms with Crippen LogP contribution in [0.5, 0.6) is 0 Å². The minimum absolute atomic E-state index is 0.143. The van der Waals surface area contributed by atoms with Crippen LogP contribution in [-0.4, -0.2) is 34.1 Å². The lowest BCUT2D eigenvalue weighted by molar-refractivity contribution is 0.0953. The number of anilines is 1. The predicted octanol–water partition coefficient (Wildman–Crippen LogP) is 1.49. The number of nitrogens with one attached hydrogen (secondary N) is 2. The molecule has 7 heteroatoms. The maximum atomic E-state index is 12.1. The molecule has 0 aliphatic heterocycles. The van der Waals surface area contributed by atoms with Gasteiger partial charge in [0.2, 0.25) is 5.89 Å². The maximum absolute atomic E-state index is 12.1. The number of hydrogen-bond donors (Lipinski definition) is 2. The Bertz CT molecular complexity index is 624. The van der Waals surface area contributed by atoms with Crippen LogP contribution in [-0.2, 0) is 6.42 Å². The molecular formula is C14H19N5O2. The Hall–Kier alpha value is -2.44. The van der Waals surface area contributed by atoms with Crippen molar-refractivity contribution in [2.24, 2.45) is 0 Å². The molecule has 112 valence electrons. The van der Waals surface area contributed by atoms with Crippen molar-refractivity contribution in [3.8, 4) is 0 Å². The molecule has 2 rings (SSSR count). The van der Waals surface area contributed by atoms with Crippen molar-refractivity contribution >= 4 is 11.7 Å². The fraction of sp³-hybridized carbons (Fsp3) is 0.429. The average Bonchev–Trinajstić information content (AvgIpc) is 2.84. The molecule has 1 amide bonds. The van der Waals surface area contributed by atoms with E-state index in [1.54, 1.807) is 19.1 Å². The van der Waals surface area contributed by atoms with Crippen LogP contribution in [0.15, 0.2) is 16.7 Å². The van der Waals surface area contributed by atoms with Gasteiger partial charge in [-0.25, -0.2) is 4.98 Å². The van der Waals surface area contributed by atoms with Gasteiger partial charge in [-0.1, -0.05) is 5.16 Å². The summed E-state index contributed by atoms with van der Waals surface area (Å²) in [5.74, 6) is 1.68. The molecule has 0 saturated heterocycles. The second kappa shape index (κ2) is 6.83. The van der Waals surface area contributed by atoms with Crippen molar-refractivity contribution in [3.05, 3.63) is 35.1 Å². The third-order valence-corrected chi connectivity index (χ3v) is 2.77. The summed E-state index contributed by atoms with van der Waals surface area (Å²) in [7, 11) is 0. The minimum Gasteiger partial charge on any atom is -0.370 e. The molecule has 7 nitrogen and oxygen atoms in total. The molecule has 0 fully saturated rings. The Kier molecular flexibility index (Phi) is 4.86. The number of amides is 1. The molecule has 0 aliphatic carbocycles. The number of carbonyl (C=O) groups excluding carboxylic acids is 1. The molecule has 0 unspecified atom stereocenters. The van der Waals surface area contributed by atoms with Gasteiger partial charge in [0, 0.05) is 30.8 Å². The van der Waals surface area contributed by atoms with Gasteiger partial charge < -0.3 is 15.2 Å². The van der Waals surface area contributed by atoms with Crippen LogP contribution in [0.3, 0.4) is 0 Å². The first-order valence-corrected chi connectivity index (χ1v) is 6.88. The summed E-state index contributed by atoms with van der Waals surface area (Å²) in [4.78, 5) is 20.5. The van der Waals surface area contributed by atoms with Crippen molar-refractivity contribution in [1.29, 1.82) is 0 Å².